The van der Waals surface area contributed by atoms with Crippen molar-refractivity contribution in [1.82, 2.24) is 24.7 Å². The van der Waals surface area contributed by atoms with Crippen molar-refractivity contribution >= 4 is 11.5 Å². The first kappa shape index (κ1) is 14.7. The van der Waals surface area contributed by atoms with Crippen molar-refractivity contribution < 1.29 is 8.78 Å². The van der Waals surface area contributed by atoms with Gasteiger partial charge in [-0.2, -0.15) is 4.52 Å². The largest absolute Gasteiger partial charge is 0.352 e. The molecular formula is C17H16F2N6. The van der Waals surface area contributed by atoms with E-state index in [2.05, 4.69) is 25.1 Å². The van der Waals surface area contributed by atoms with Crippen LogP contribution in [-0.2, 0) is 6.54 Å². The van der Waals surface area contributed by atoms with Crippen LogP contribution in [0.4, 0.5) is 14.6 Å². The van der Waals surface area contributed by atoms with Gasteiger partial charge in [0, 0.05) is 37.8 Å². The molecule has 2 atom stereocenters. The fourth-order valence-corrected chi connectivity index (χ4v) is 3.93. The van der Waals surface area contributed by atoms with E-state index in [1.807, 2.05) is 12.1 Å². The van der Waals surface area contributed by atoms with Crippen molar-refractivity contribution in [3.8, 4) is 0 Å². The lowest BCUT2D eigenvalue weighted by atomic mass is 9.86. The molecule has 0 spiro atoms. The minimum absolute atomic E-state index is 0.378. The molecule has 0 amide bonds. The van der Waals surface area contributed by atoms with Crippen molar-refractivity contribution in [2.75, 3.05) is 18.0 Å². The Hall–Kier alpha value is -2.61. The lowest BCUT2D eigenvalue weighted by molar-refractivity contribution is -0.00886. The summed E-state index contributed by atoms with van der Waals surface area (Å²) in [6, 6.07) is 8.36. The smallest absolute Gasteiger partial charge is 0.177 e. The molecular weight excluding hydrogens is 326 g/mol. The number of rotatable bonds is 3. The highest BCUT2D eigenvalue weighted by atomic mass is 19.1. The number of piperidine rings is 1. The minimum Gasteiger partial charge on any atom is -0.352 e. The molecule has 1 aromatic carbocycles. The van der Waals surface area contributed by atoms with Crippen LogP contribution >= 0.6 is 0 Å². The van der Waals surface area contributed by atoms with Gasteiger partial charge >= 0.3 is 0 Å². The Kier molecular flexibility index (Phi) is 3.21. The standard InChI is InChI=1S/C17H16F2N6/c18-12-3-11(4-13(19)5-12)7-24-14-6-15(24)9-23(8-14)17-2-1-16-21-20-10-25(16)22-17/h1-5,10,14-15H,6-9H2. The number of piperazine rings is 1. The Labute approximate surface area is 142 Å². The summed E-state index contributed by atoms with van der Waals surface area (Å²) >= 11 is 0. The third-order valence-electron chi connectivity index (χ3n) is 5.10. The Morgan fingerprint density at radius 1 is 1.04 bits per heavy atom. The van der Waals surface area contributed by atoms with Crippen LogP contribution in [-0.4, -0.2) is 49.9 Å². The molecule has 3 aliphatic heterocycles. The van der Waals surface area contributed by atoms with Gasteiger partial charge in [-0.05, 0) is 36.2 Å². The van der Waals surface area contributed by atoms with Crippen LogP contribution in [0.25, 0.3) is 5.65 Å². The Morgan fingerprint density at radius 3 is 2.56 bits per heavy atom. The van der Waals surface area contributed by atoms with Crippen LogP contribution in [0.5, 0.6) is 0 Å². The van der Waals surface area contributed by atoms with Gasteiger partial charge in [-0.25, -0.2) is 8.78 Å². The third kappa shape index (κ3) is 2.53. The van der Waals surface area contributed by atoms with Crippen LogP contribution in [0.2, 0.25) is 0 Å². The van der Waals surface area contributed by atoms with Crippen LogP contribution in [0.3, 0.4) is 0 Å². The second-order valence-electron chi connectivity index (χ2n) is 6.72. The zero-order valence-electron chi connectivity index (χ0n) is 13.4. The highest BCUT2D eigenvalue weighted by Crippen LogP contribution is 2.35. The van der Waals surface area contributed by atoms with Crippen LogP contribution in [0.15, 0.2) is 36.7 Å². The SMILES string of the molecule is Fc1cc(F)cc(CN2C3CC2CN(c2ccc4nncn4n2)C3)c1. The van der Waals surface area contributed by atoms with Gasteiger partial charge in [0.15, 0.2) is 5.65 Å². The molecule has 2 aromatic heterocycles. The van der Waals surface area contributed by atoms with Crippen molar-refractivity contribution in [1.29, 1.82) is 0 Å². The minimum atomic E-state index is -0.520. The van der Waals surface area contributed by atoms with E-state index in [9.17, 15) is 8.78 Å². The molecule has 25 heavy (non-hydrogen) atoms. The lowest BCUT2D eigenvalue weighted by Crippen LogP contribution is -2.68. The number of benzene rings is 1. The molecule has 0 aliphatic carbocycles. The molecule has 0 N–H and O–H groups in total. The Bertz CT molecular complexity index is 910. The number of hydrogen-bond acceptors (Lipinski definition) is 5. The first-order chi connectivity index (χ1) is 12.2. The topological polar surface area (TPSA) is 49.6 Å². The zero-order valence-corrected chi connectivity index (χ0v) is 13.4. The number of anilines is 1. The number of aromatic nitrogens is 4. The maximum Gasteiger partial charge on any atom is 0.177 e. The van der Waals surface area contributed by atoms with Gasteiger partial charge in [0.2, 0.25) is 0 Å². The molecule has 3 aromatic rings. The van der Waals surface area contributed by atoms with Crippen molar-refractivity contribution in [3.63, 3.8) is 0 Å². The molecule has 3 fully saturated rings. The average Bonchev–Trinajstić information content (AvgIpc) is 3.06. The van der Waals surface area contributed by atoms with E-state index in [0.717, 1.165) is 37.0 Å². The predicted octanol–water partition coefficient (Wildman–Crippen LogP) is 1.87. The first-order valence-electron chi connectivity index (χ1n) is 8.28. The van der Waals surface area contributed by atoms with Crippen molar-refractivity contribution in [2.45, 2.75) is 25.0 Å². The van der Waals surface area contributed by atoms with E-state index < -0.39 is 11.6 Å². The van der Waals surface area contributed by atoms with E-state index in [0.29, 0.717) is 24.2 Å². The van der Waals surface area contributed by atoms with E-state index in [1.54, 1.807) is 10.8 Å². The van der Waals surface area contributed by atoms with Gasteiger partial charge in [-0.3, -0.25) is 4.90 Å². The summed E-state index contributed by atoms with van der Waals surface area (Å²) in [6.07, 6.45) is 2.71. The van der Waals surface area contributed by atoms with Crippen molar-refractivity contribution in [2.24, 2.45) is 0 Å². The van der Waals surface area contributed by atoms with E-state index >= 15 is 0 Å². The van der Waals surface area contributed by atoms with E-state index in [-0.39, 0.29) is 0 Å². The molecule has 8 heteroatoms. The molecule has 6 nitrogen and oxygen atoms in total. The number of halogens is 2. The Morgan fingerprint density at radius 2 is 1.80 bits per heavy atom. The molecule has 2 bridgehead atoms. The summed E-state index contributed by atoms with van der Waals surface area (Å²) in [6.45, 7) is 2.29. The van der Waals surface area contributed by atoms with Gasteiger partial charge < -0.3 is 4.90 Å². The first-order valence-corrected chi connectivity index (χ1v) is 8.28. The van der Waals surface area contributed by atoms with E-state index in [1.165, 1.54) is 12.1 Å². The quantitative estimate of drug-likeness (QED) is 0.727. The number of hydrogen-bond donors (Lipinski definition) is 0. The number of nitrogens with zero attached hydrogens (tertiary/aromatic N) is 6. The molecule has 6 rings (SSSR count). The second-order valence-corrected chi connectivity index (χ2v) is 6.72. The summed E-state index contributed by atoms with van der Waals surface area (Å²) in [5.74, 6) is -0.138. The monoisotopic (exact) mass is 342 g/mol. The lowest BCUT2D eigenvalue weighted by Gasteiger charge is -2.56. The van der Waals surface area contributed by atoms with Gasteiger partial charge in [0.1, 0.15) is 23.8 Å². The van der Waals surface area contributed by atoms with Crippen LogP contribution < -0.4 is 4.90 Å². The molecule has 0 radical (unpaired) electrons. The highest BCUT2D eigenvalue weighted by Gasteiger charge is 2.44. The highest BCUT2D eigenvalue weighted by molar-refractivity contribution is 5.46. The van der Waals surface area contributed by atoms with Crippen molar-refractivity contribution in [3.05, 3.63) is 53.9 Å². The average molecular weight is 342 g/mol. The second kappa shape index (κ2) is 5.45. The summed E-state index contributed by atoms with van der Waals surface area (Å²) in [5.41, 5.74) is 1.41. The summed E-state index contributed by atoms with van der Waals surface area (Å²) < 4.78 is 28.4. The van der Waals surface area contributed by atoms with E-state index in [4.69, 9.17) is 0 Å². The van der Waals surface area contributed by atoms with Crippen LogP contribution in [0, 0.1) is 11.6 Å². The van der Waals surface area contributed by atoms with Gasteiger partial charge in [0.05, 0.1) is 0 Å². The maximum atomic E-state index is 13.4. The fraction of sp³-hybridized carbons (Fsp3) is 0.353. The predicted molar refractivity (Wildman–Crippen MR) is 87.1 cm³/mol. The molecule has 3 aliphatic rings. The summed E-state index contributed by atoms with van der Waals surface area (Å²) in [5, 5.41) is 12.4. The fourth-order valence-electron chi connectivity index (χ4n) is 3.93. The third-order valence-corrected chi connectivity index (χ3v) is 5.10. The molecule has 0 saturated carbocycles. The zero-order chi connectivity index (χ0) is 17.0. The van der Waals surface area contributed by atoms with Crippen LogP contribution in [0.1, 0.15) is 12.0 Å². The summed E-state index contributed by atoms with van der Waals surface area (Å²) in [7, 11) is 0. The normalized spacial score (nSPS) is 23.0. The van der Waals surface area contributed by atoms with Gasteiger partial charge in [0.25, 0.3) is 0 Å². The molecule has 3 saturated heterocycles. The van der Waals surface area contributed by atoms with Gasteiger partial charge in [-0.1, -0.05) is 0 Å². The maximum absolute atomic E-state index is 13.4. The molecule has 5 heterocycles. The Balaban J connectivity index is 1.31. The van der Waals surface area contributed by atoms with Gasteiger partial charge in [-0.15, -0.1) is 15.3 Å². The molecule has 128 valence electrons. The summed E-state index contributed by atoms with van der Waals surface area (Å²) in [4.78, 5) is 4.57. The molecule has 2 unspecified atom stereocenters. The number of fused-ring (bicyclic) bond motifs is 3.